The number of piperazine rings is 1. The third kappa shape index (κ3) is 4.73. The standard InChI is InChI=1S/C17H20FN3S2/c18-16-3-1-14(2-4-16)11-19-17(22)21-8-6-20(7-9-21)12-15-5-10-23-13-15/h1-5,10,13H,6-9,11-12H2,(H,19,22)/p+1. The number of thiocarbonyl (C=S) groups is 1. The van der Waals surface area contributed by atoms with Gasteiger partial charge in [0.1, 0.15) is 12.4 Å². The Hall–Kier alpha value is -1.50. The largest absolute Gasteiger partial charge is 0.358 e. The smallest absolute Gasteiger partial charge is 0.169 e. The van der Waals surface area contributed by atoms with Gasteiger partial charge in [-0.3, -0.25) is 0 Å². The molecule has 0 aliphatic carbocycles. The average molecular weight is 351 g/mol. The summed E-state index contributed by atoms with van der Waals surface area (Å²) in [5.41, 5.74) is 2.46. The summed E-state index contributed by atoms with van der Waals surface area (Å²) in [6, 6.07) is 8.74. The fourth-order valence-electron chi connectivity index (χ4n) is 2.78. The summed E-state index contributed by atoms with van der Waals surface area (Å²) in [6.07, 6.45) is 0. The molecule has 0 atom stereocenters. The van der Waals surface area contributed by atoms with Crippen molar-refractivity contribution in [3.8, 4) is 0 Å². The van der Waals surface area contributed by atoms with E-state index in [9.17, 15) is 4.39 Å². The highest BCUT2D eigenvalue weighted by Gasteiger charge is 2.21. The van der Waals surface area contributed by atoms with E-state index in [1.54, 1.807) is 28.4 Å². The van der Waals surface area contributed by atoms with E-state index in [1.165, 1.54) is 17.7 Å². The third-order valence-electron chi connectivity index (χ3n) is 4.15. The summed E-state index contributed by atoms with van der Waals surface area (Å²) in [6.45, 7) is 5.92. The van der Waals surface area contributed by atoms with Crippen LogP contribution in [0.2, 0.25) is 0 Å². The lowest BCUT2D eigenvalue weighted by atomic mass is 10.2. The first-order valence-electron chi connectivity index (χ1n) is 7.82. The number of nitrogens with zero attached hydrogens (tertiary/aromatic N) is 1. The molecule has 2 heterocycles. The van der Waals surface area contributed by atoms with Gasteiger partial charge in [-0.15, -0.1) is 0 Å². The molecule has 0 unspecified atom stereocenters. The fourth-order valence-corrected chi connectivity index (χ4v) is 3.70. The number of hydrogen-bond acceptors (Lipinski definition) is 2. The molecule has 6 heteroatoms. The Morgan fingerprint density at radius 3 is 2.57 bits per heavy atom. The van der Waals surface area contributed by atoms with Crippen molar-refractivity contribution in [1.29, 1.82) is 0 Å². The lowest BCUT2D eigenvalue weighted by Gasteiger charge is -2.33. The highest BCUT2D eigenvalue weighted by Crippen LogP contribution is 2.05. The first kappa shape index (κ1) is 16.4. The number of quaternary nitrogens is 1. The molecule has 0 bridgehead atoms. The van der Waals surface area contributed by atoms with E-state index in [4.69, 9.17) is 12.2 Å². The van der Waals surface area contributed by atoms with Crippen LogP contribution in [-0.2, 0) is 13.1 Å². The van der Waals surface area contributed by atoms with Crippen LogP contribution in [0.3, 0.4) is 0 Å². The third-order valence-corrected chi connectivity index (χ3v) is 5.28. The topological polar surface area (TPSA) is 19.7 Å². The van der Waals surface area contributed by atoms with Crippen molar-refractivity contribution in [3.63, 3.8) is 0 Å². The molecule has 2 N–H and O–H groups in total. The molecule has 1 fully saturated rings. The van der Waals surface area contributed by atoms with Crippen molar-refractivity contribution in [2.75, 3.05) is 26.2 Å². The van der Waals surface area contributed by atoms with E-state index in [-0.39, 0.29) is 5.82 Å². The summed E-state index contributed by atoms with van der Waals surface area (Å²) < 4.78 is 12.9. The molecule has 1 aliphatic rings. The molecule has 1 aliphatic heterocycles. The summed E-state index contributed by atoms with van der Waals surface area (Å²) in [5, 5.41) is 8.44. The SMILES string of the molecule is Fc1ccc(CNC(=S)N2CC[NH+](Cc3ccsc3)CC2)cc1. The maximum atomic E-state index is 12.9. The number of halogens is 1. The van der Waals surface area contributed by atoms with Crippen LogP contribution in [0.25, 0.3) is 0 Å². The zero-order valence-corrected chi connectivity index (χ0v) is 14.6. The van der Waals surface area contributed by atoms with Gasteiger partial charge in [0.15, 0.2) is 5.11 Å². The van der Waals surface area contributed by atoms with Crippen molar-refractivity contribution in [2.24, 2.45) is 0 Å². The van der Waals surface area contributed by atoms with Gasteiger partial charge in [0, 0.05) is 12.1 Å². The Labute approximate surface area is 145 Å². The van der Waals surface area contributed by atoms with Crippen molar-refractivity contribution in [2.45, 2.75) is 13.1 Å². The van der Waals surface area contributed by atoms with E-state index < -0.39 is 0 Å². The molecular weight excluding hydrogens is 329 g/mol. The van der Waals surface area contributed by atoms with Crippen molar-refractivity contribution in [1.82, 2.24) is 10.2 Å². The molecule has 0 amide bonds. The number of rotatable bonds is 4. The Balaban J connectivity index is 1.42. The fraction of sp³-hybridized carbons (Fsp3) is 0.353. The summed E-state index contributed by atoms with van der Waals surface area (Å²) in [5.74, 6) is -0.207. The van der Waals surface area contributed by atoms with E-state index in [0.717, 1.165) is 43.4 Å². The van der Waals surface area contributed by atoms with Crippen LogP contribution in [0.1, 0.15) is 11.1 Å². The summed E-state index contributed by atoms with van der Waals surface area (Å²) in [7, 11) is 0. The van der Waals surface area contributed by atoms with Crippen LogP contribution in [0.15, 0.2) is 41.1 Å². The normalized spacial score (nSPS) is 15.6. The molecule has 3 nitrogen and oxygen atoms in total. The lowest BCUT2D eigenvalue weighted by Crippen LogP contribution is -3.13. The molecule has 1 saturated heterocycles. The molecule has 0 saturated carbocycles. The lowest BCUT2D eigenvalue weighted by molar-refractivity contribution is -0.917. The van der Waals surface area contributed by atoms with E-state index in [2.05, 4.69) is 27.0 Å². The van der Waals surface area contributed by atoms with E-state index in [0.29, 0.717) is 6.54 Å². The molecule has 2 aromatic rings. The molecule has 122 valence electrons. The Morgan fingerprint density at radius 2 is 1.91 bits per heavy atom. The highest BCUT2D eigenvalue weighted by molar-refractivity contribution is 7.80. The second kappa shape index (κ2) is 7.86. The van der Waals surface area contributed by atoms with Gasteiger partial charge < -0.3 is 15.1 Å². The first-order chi connectivity index (χ1) is 11.2. The van der Waals surface area contributed by atoms with Gasteiger partial charge >= 0.3 is 0 Å². The molecule has 1 aromatic carbocycles. The minimum Gasteiger partial charge on any atom is -0.358 e. The van der Waals surface area contributed by atoms with E-state index in [1.807, 2.05) is 0 Å². The number of hydrogen-bond donors (Lipinski definition) is 2. The molecule has 23 heavy (non-hydrogen) atoms. The zero-order valence-electron chi connectivity index (χ0n) is 12.9. The molecule has 1 aromatic heterocycles. The average Bonchev–Trinajstić information content (AvgIpc) is 3.08. The Morgan fingerprint density at radius 1 is 1.17 bits per heavy atom. The second-order valence-electron chi connectivity index (χ2n) is 5.83. The Bertz CT molecular complexity index is 620. The van der Waals surface area contributed by atoms with Crippen LogP contribution in [-0.4, -0.2) is 36.2 Å². The van der Waals surface area contributed by atoms with Gasteiger partial charge in [-0.2, -0.15) is 11.3 Å². The predicted molar refractivity (Wildman–Crippen MR) is 96.1 cm³/mol. The van der Waals surface area contributed by atoms with Gasteiger partial charge in [0.05, 0.1) is 26.2 Å². The predicted octanol–water partition coefficient (Wildman–Crippen LogP) is 1.66. The van der Waals surface area contributed by atoms with Gasteiger partial charge in [0.2, 0.25) is 0 Å². The van der Waals surface area contributed by atoms with Gasteiger partial charge in [-0.25, -0.2) is 4.39 Å². The van der Waals surface area contributed by atoms with Gasteiger partial charge in [0.25, 0.3) is 0 Å². The summed E-state index contributed by atoms with van der Waals surface area (Å²) >= 11 is 7.25. The van der Waals surface area contributed by atoms with Crippen LogP contribution in [0.5, 0.6) is 0 Å². The van der Waals surface area contributed by atoms with Crippen molar-refractivity contribution in [3.05, 3.63) is 58.0 Å². The number of benzene rings is 1. The minimum atomic E-state index is -0.207. The van der Waals surface area contributed by atoms with Crippen molar-refractivity contribution >= 4 is 28.7 Å². The molecule has 0 radical (unpaired) electrons. The summed E-state index contributed by atoms with van der Waals surface area (Å²) in [4.78, 5) is 3.84. The maximum Gasteiger partial charge on any atom is 0.169 e. The first-order valence-corrected chi connectivity index (χ1v) is 9.18. The zero-order chi connectivity index (χ0) is 16.1. The minimum absolute atomic E-state index is 0.207. The van der Waals surface area contributed by atoms with Crippen LogP contribution >= 0.6 is 23.6 Å². The highest BCUT2D eigenvalue weighted by atomic mass is 32.1. The maximum absolute atomic E-state index is 12.9. The second-order valence-corrected chi connectivity index (χ2v) is 7.00. The molecule has 0 spiro atoms. The van der Waals surface area contributed by atoms with Crippen LogP contribution in [0, 0.1) is 5.82 Å². The van der Waals surface area contributed by atoms with Gasteiger partial charge in [-0.1, -0.05) is 12.1 Å². The van der Waals surface area contributed by atoms with Crippen molar-refractivity contribution < 1.29 is 9.29 Å². The van der Waals surface area contributed by atoms with E-state index >= 15 is 0 Å². The molecular formula is C17H21FN3S2+. The molecule has 3 rings (SSSR count). The van der Waals surface area contributed by atoms with Crippen LogP contribution in [0.4, 0.5) is 4.39 Å². The van der Waals surface area contributed by atoms with Gasteiger partial charge in [-0.05, 0) is 46.7 Å². The Kier molecular flexibility index (Phi) is 5.59. The quantitative estimate of drug-likeness (QED) is 0.819. The number of thiophene rings is 1. The van der Waals surface area contributed by atoms with Crippen LogP contribution < -0.4 is 10.2 Å². The number of nitrogens with one attached hydrogen (secondary N) is 2. The monoisotopic (exact) mass is 350 g/mol.